The van der Waals surface area contributed by atoms with Gasteiger partial charge in [0.15, 0.2) is 34.7 Å². The van der Waals surface area contributed by atoms with E-state index in [9.17, 15) is 34.2 Å². The first-order chi connectivity index (χ1) is 19.3. The number of aliphatic hydroxyl groups is 1. The molecule has 0 saturated heterocycles. The summed E-state index contributed by atoms with van der Waals surface area (Å²) in [4.78, 5) is 67.1. The molecule has 2 aromatic carbocycles. The minimum atomic E-state index is -2.67. The zero-order chi connectivity index (χ0) is 30.0. The van der Waals surface area contributed by atoms with Crippen LogP contribution in [0.2, 0.25) is 0 Å². The highest BCUT2D eigenvalue weighted by atomic mass is 16.3. The normalized spacial score (nSPS) is 27.3. The second kappa shape index (κ2) is 10.1. The Labute approximate surface area is 237 Å². The Balaban J connectivity index is 1.52. The third kappa shape index (κ3) is 4.41. The number of carbonyl (C=O) groups is 5. The van der Waals surface area contributed by atoms with Gasteiger partial charge >= 0.3 is 0 Å². The van der Waals surface area contributed by atoms with Gasteiger partial charge in [0.2, 0.25) is 5.91 Å². The molecule has 3 aliphatic rings. The van der Waals surface area contributed by atoms with Gasteiger partial charge < -0.3 is 26.2 Å². The maximum absolute atomic E-state index is 14.0. The summed E-state index contributed by atoms with van der Waals surface area (Å²) < 4.78 is 0. The molecule has 3 aliphatic carbocycles. The predicted octanol–water partition coefficient (Wildman–Crippen LogP) is 2.13. The predicted molar refractivity (Wildman–Crippen MR) is 151 cm³/mol. The Morgan fingerprint density at radius 3 is 2.34 bits per heavy atom. The molecule has 10 nitrogen and oxygen atoms in total. The first kappa shape index (κ1) is 28.5. The number of carbonyl (C=O) groups excluding carboxylic acids is 5. The molecule has 5 rings (SSSR count). The van der Waals surface area contributed by atoms with Crippen molar-refractivity contribution >= 4 is 40.4 Å². The van der Waals surface area contributed by atoms with Gasteiger partial charge in [0.05, 0.1) is 17.2 Å². The number of phenolic OH excluding ortho intramolecular Hbond substituents is 1. The summed E-state index contributed by atoms with van der Waals surface area (Å²) in [6.45, 7) is 4.59. The molecule has 5 N–H and O–H groups in total. The number of nitrogens with two attached hydrogens (primary N) is 1. The Morgan fingerprint density at radius 1 is 1.10 bits per heavy atom. The zero-order valence-corrected chi connectivity index (χ0v) is 23.6. The lowest BCUT2D eigenvalue weighted by Gasteiger charge is -2.48. The van der Waals surface area contributed by atoms with E-state index in [0.717, 1.165) is 5.56 Å². The highest BCUT2D eigenvalue weighted by molar-refractivity contribution is 6.31. The summed E-state index contributed by atoms with van der Waals surface area (Å²) in [6.07, 6.45) is -0.0800. The van der Waals surface area contributed by atoms with Crippen LogP contribution in [0.15, 0.2) is 30.3 Å². The molecule has 1 amide bonds. The topological polar surface area (TPSA) is 167 Å². The summed E-state index contributed by atoms with van der Waals surface area (Å²) in [5.41, 5.74) is 6.27. The first-order valence-corrected chi connectivity index (χ1v) is 13.8. The molecule has 2 saturated carbocycles. The Hall–Kier alpha value is -4.05. The summed E-state index contributed by atoms with van der Waals surface area (Å²) >= 11 is 0. The molecular formula is C31H35N3O7. The molecular weight excluding hydrogens is 526 g/mol. The van der Waals surface area contributed by atoms with Crippen molar-refractivity contribution in [1.82, 2.24) is 0 Å². The van der Waals surface area contributed by atoms with Crippen LogP contribution in [-0.4, -0.2) is 58.9 Å². The fourth-order valence-corrected chi connectivity index (χ4v) is 6.77. The van der Waals surface area contributed by atoms with Gasteiger partial charge in [-0.3, -0.25) is 24.0 Å². The molecule has 10 heteroatoms. The number of hydrogen-bond acceptors (Lipinski definition) is 9. The molecule has 216 valence electrons. The van der Waals surface area contributed by atoms with Crippen LogP contribution in [0, 0.1) is 23.7 Å². The fraction of sp³-hybridized carbons (Fsp3) is 0.452. The van der Waals surface area contributed by atoms with Crippen molar-refractivity contribution in [3.8, 4) is 5.75 Å². The number of aromatic hydroxyl groups is 1. The fourth-order valence-electron chi connectivity index (χ4n) is 6.77. The van der Waals surface area contributed by atoms with E-state index in [0.29, 0.717) is 29.4 Å². The molecule has 2 aromatic rings. The molecule has 0 aromatic heterocycles. The van der Waals surface area contributed by atoms with Crippen LogP contribution >= 0.6 is 0 Å². The van der Waals surface area contributed by atoms with E-state index in [1.54, 1.807) is 6.07 Å². The average molecular weight is 562 g/mol. The van der Waals surface area contributed by atoms with Gasteiger partial charge in [-0.1, -0.05) is 38.1 Å². The summed E-state index contributed by atoms with van der Waals surface area (Å²) in [5, 5.41) is 25.9. The molecule has 2 unspecified atom stereocenters. The van der Waals surface area contributed by atoms with E-state index >= 15 is 0 Å². The number of benzene rings is 2. The van der Waals surface area contributed by atoms with E-state index in [-0.39, 0.29) is 30.6 Å². The number of rotatable bonds is 6. The standard InChI is InChI=1S/C31H35N3O7/c1-14(2)16-7-5-15(6-8-16)13-33-20-12-21(34(3)4)19-10-17-9-18-11-22(35)25(30(32)40)29(39)31(18,41)28(38)23(17)27(37)24(19)26(20)36/h5-8,12,14,17-18,23,25,33,36,41H,9-11,13H2,1-4H3,(H2,32,40)/t17-,18+,23?,25?,31+/m1/s1. The Morgan fingerprint density at radius 2 is 1.76 bits per heavy atom. The number of phenols is 1. The van der Waals surface area contributed by atoms with E-state index < -0.39 is 58.3 Å². The van der Waals surface area contributed by atoms with Crippen molar-refractivity contribution in [2.24, 2.45) is 29.4 Å². The number of amides is 1. The highest BCUT2D eigenvalue weighted by Gasteiger charge is 2.66. The molecule has 0 bridgehead atoms. The largest absolute Gasteiger partial charge is 0.505 e. The molecule has 0 heterocycles. The Kier molecular flexibility index (Phi) is 7.01. The van der Waals surface area contributed by atoms with Gasteiger partial charge in [-0.25, -0.2) is 0 Å². The first-order valence-electron chi connectivity index (χ1n) is 13.8. The molecule has 0 aliphatic heterocycles. The monoisotopic (exact) mass is 561 g/mol. The maximum atomic E-state index is 14.0. The molecule has 5 atom stereocenters. The van der Waals surface area contributed by atoms with Gasteiger partial charge in [-0.15, -0.1) is 0 Å². The number of fused-ring (bicyclic) bond motifs is 3. The Bertz CT molecular complexity index is 1480. The molecule has 0 radical (unpaired) electrons. The van der Waals surface area contributed by atoms with Crippen LogP contribution < -0.4 is 16.0 Å². The number of nitrogens with one attached hydrogen (secondary N) is 1. The number of hydrogen-bond donors (Lipinski definition) is 4. The molecule has 41 heavy (non-hydrogen) atoms. The summed E-state index contributed by atoms with van der Waals surface area (Å²) in [6, 6.07) is 9.82. The van der Waals surface area contributed by atoms with Crippen molar-refractivity contribution < 1.29 is 34.2 Å². The maximum Gasteiger partial charge on any atom is 0.235 e. The van der Waals surface area contributed by atoms with Crippen molar-refractivity contribution in [2.75, 3.05) is 24.3 Å². The van der Waals surface area contributed by atoms with Gasteiger partial charge in [-0.05, 0) is 47.4 Å². The third-order valence-electron chi connectivity index (χ3n) is 8.99. The van der Waals surface area contributed by atoms with Gasteiger partial charge in [0.25, 0.3) is 0 Å². The third-order valence-corrected chi connectivity index (χ3v) is 8.99. The van der Waals surface area contributed by atoms with E-state index in [1.807, 2.05) is 43.3 Å². The van der Waals surface area contributed by atoms with Crippen LogP contribution in [0.25, 0.3) is 0 Å². The minimum absolute atomic E-state index is 0.0312. The number of ketones is 4. The van der Waals surface area contributed by atoms with Crippen molar-refractivity contribution in [3.63, 3.8) is 0 Å². The average Bonchev–Trinajstić information content (AvgIpc) is 2.90. The zero-order valence-electron chi connectivity index (χ0n) is 23.6. The van der Waals surface area contributed by atoms with Crippen molar-refractivity contribution in [2.45, 2.75) is 51.2 Å². The smallest absolute Gasteiger partial charge is 0.235 e. The van der Waals surface area contributed by atoms with Crippen molar-refractivity contribution in [1.29, 1.82) is 0 Å². The van der Waals surface area contributed by atoms with E-state index in [2.05, 4.69) is 19.2 Å². The second-order valence-electron chi connectivity index (χ2n) is 12.0. The quantitative estimate of drug-likeness (QED) is 0.305. The molecule has 0 spiro atoms. The van der Waals surface area contributed by atoms with E-state index in [1.165, 1.54) is 5.56 Å². The van der Waals surface area contributed by atoms with Gasteiger partial charge in [-0.2, -0.15) is 0 Å². The minimum Gasteiger partial charge on any atom is -0.505 e. The van der Waals surface area contributed by atoms with Crippen LogP contribution in [-0.2, 0) is 32.1 Å². The van der Waals surface area contributed by atoms with Crippen LogP contribution in [0.5, 0.6) is 5.75 Å². The number of anilines is 2. The molecule has 2 fully saturated rings. The summed E-state index contributed by atoms with van der Waals surface area (Å²) in [5.74, 6) is -9.85. The lowest BCUT2D eigenvalue weighted by Crippen LogP contribution is -2.68. The summed E-state index contributed by atoms with van der Waals surface area (Å²) in [7, 11) is 3.62. The van der Waals surface area contributed by atoms with Crippen LogP contribution in [0.1, 0.15) is 59.7 Å². The van der Waals surface area contributed by atoms with Gasteiger partial charge in [0, 0.05) is 38.7 Å². The SMILES string of the molecule is CC(C)c1ccc(CNc2cc(N(C)C)c3c(c2O)C(=O)C2C(=O)[C@]4(O)C(=O)C(C(N)=O)C(=O)C[C@@H]4C[C@@H]2C3)cc1. The number of nitrogens with zero attached hydrogens (tertiary/aromatic N) is 1. The van der Waals surface area contributed by atoms with Crippen LogP contribution in [0.4, 0.5) is 11.4 Å². The van der Waals surface area contributed by atoms with Crippen molar-refractivity contribution in [3.05, 3.63) is 52.6 Å². The number of Topliss-reactive ketones (excluding diaryl/α,β-unsaturated/α-hetero) is 4. The van der Waals surface area contributed by atoms with E-state index in [4.69, 9.17) is 5.73 Å². The highest BCUT2D eigenvalue weighted by Crippen LogP contribution is 2.52. The lowest BCUT2D eigenvalue weighted by atomic mass is 9.53. The lowest BCUT2D eigenvalue weighted by molar-refractivity contribution is -0.175. The second-order valence-corrected chi connectivity index (χ2v) is 12.0. The van der Waals surface area contributed by atoms with Gasteiger partial charge in [0.1, 0.15) is 5.75 Å². The van der Waals surface area contributed by atoms with Crippen LogP contribution in [0.3, 0.4) is 0 Å². The number of primary amides is 1.